The highest BCUT2D eigenvalue weighted by Crippen LogP contribution is 2.20. The average molecular weight is 212 g/mol. The molecule has 1 aliphatic rings. The molecule has 8 heteroatoms. The number of carbonyl (C=O) groups excluding carboxylic acids is 1. The first-order valence-electron chi connectivity index (χ1n) is 4.31. The second-order valence-corrected chi connectivity index (χ2v) is 3.16. The van der Waals surface area contributed by atoms with Crippen molar-refractivity contribution in [3.05, 3.63) is 0 Å². The highest BCUT2D eigenvalue weighted by atomic mass is 16.6. The van der Waals surface area contributed by atoms with Crippen molar-refractivity contribution in [3.8, 4) is 0 Å². The molecule has 1 rings (SSSR count). The molecule has 1 saturated heterocycles. The maximum Gasteiger partial charge on any atom is 0.283 e. The minimum atomic E-state index is -1.15. The van der Waals surface area contributed by atoms with Gasteiger partial charge < -0.3 is 24.3 Å². The number of hydrogen-bond donors (Lipinski definition) is 2. The summed E-state index contributed by atoms with van der Waals surface area (Å²) >= 11 is 0. The predicted octanol–water partition coefficient (Wildman–Crippen LogP) is -2.12. The lowest BCUT2D eigenvalue weighted by Gasteiger charge is -2.23. The van der Waals surface area contributed by atoms with E-state index >= 15 is 0 Å². The van der Waals surface area contributed by atoms with Crippen molar-refractivity contribution >= 4 is 21.8 Å². The molecule has 80 valence electrons. The van der Waals surface area contributed by atoms with E-state index in [1.165, 1.54) is 0 Å². The highest BCUT2D eigenvalue weighted by Gasteiger charge is 2.40. The van der Waals surface area contributed by atoms with E-state index in [4.69, 9.17) is 20.6 Å². The van der Waals surface area contributed by atoms with Crippen LogP contribution < -0.4 is 0 Å². The first kappa shape index (κ1) is 12.5. The first-order chi connectivity index (χ1) is 7.06. The molecule has 0 aromatic rings. The summed E-state index contributed by atoms with van der Waals surface area (Å²) in [6, 6.07) is 0. The molecule has 1 fully saturated rings. The van der Waals surface area contributed by atoms with Gasteiger partial charge in [-0.1, -0.05) is 0 Å². The average Bonchev–Trinajstić information content (AvgIpc) is 2.55. The molecule has 0 amide bonds. The van der Waals surface area contributed by atoms with Crippen LogP contribution >= 0.6 is 0 Å². The lowest BCUT2D eigenvalue weighted by Crippen LogP contribution is -2.42. The van der Waals surface area contributed by atoms with E-state index in [0.717, 1.165) is 0 Å². The quantitative estimate of drug-likeness (QED) is 0.518. The smallest absolute Gasteiger partial charge is 0.283 e. The fraction of sp³-hybridized carbons (Fsp3) is 0.857. The van der Waals surface area contributed by atoms with Gasteiger partial charge in [0, 0.05) is 0 Å². The molecule has 6 nitrogen and oxygen atoms in total. The summed E-state index contributed by atoms with van der Waals surface area (Å²) < 4.78 is 13.9. The number of hydrogen-bond acceptors (Lipinski definition) is 6. The van der Waals surface area contributed by atoms with E-state index < -0.39 is 30.3 Å². The number of aliphatic hydroxyl groups is 2. The van der Waals surface area contributed by atoms with Gasteiger partial charge in [0.05, 0.1) is 12.7 Å². The van der Waals surface area contributed by atoms with Gasteiger partial charge in [0.1, 0.15) is 24.9 Å². The van der Waals surface area contributed by atoms with E-state index in [1.54, 1.807) is 0 Å². The van der Waals surface area contributed by atoms with Crippen molar-refractivity contribution in [1.29, 1.82) is 0 Å². The monoisotopic (exact) mass is 212 g/mol. The predicted molar refractivity (Wildman–Crippen MR) is 49.5 cm³/mol. The molecular weight excluding hydrogens is 202 g/mol. The molecule has 1 aliphatic heterocycles. The molecule has 0 spiro atoms. The van der Waals surface area contributed by atoms with Gasteiger partial charge in [0.15, 0.2) is 0 Å². The maximum absolute atomic E-state index is 10.3. The van der Waals surface area contributed by atoms with Crippen LogP contribution in [0, 0.1) is 0 Å². The highest BCUT2D eigenvalue weighted by molar-refractivity contribution is 6.55. The summed E-state index contributed by atoms with van der Waals surface area (Å²) in [6.07, 6.45) is -3.76. The largest absolute Gasteiger partial charge is 0.472 e. The van der Waals surface area contributed by atoms with Crippen LogP contribution in [0.15, 0.2) is 0 Å². The zero-order valence-electron chi connectivity index (χ0n) is 7.91. The third kappa shape index (κ3) is 3.20. The summed E-state index contributed by atoms with van der Waals surface area (Å²) in [5.41, 5.74) is 0. The van der Waals surface area contributed by atoms with Crippen LogP contribution in [0.3, 0.4) is 0 Å². The van der Waals surface area contributed by atoms with Crippen molar-refractivity contribution < 1.29 is 29.1 Å². The Morgan fingerprint density at radius 2 is 2.33 bits per heavy atom. The van der Waals surface area contributed by atoms with Gasteiger partial charge in [0.25, 0.3) is 8.05 Å². The Balaban J connectivity index is 2.44. The van der Waals surface area contributed by atoms with Crippen LogP contribution in [0.5, 0.6) is 0 Å². The number of ether oxygens (including phenoxy) is 2. The number of aliphatic hydroxyl groups excluding tert-OH is 2. The summed E-state index contributed by atoms with van der Waals surface area (Å²) in [5.74, 6) is -1.00. The maximum atomic E-state index is 10.3. The summed E-state index contributed by atoms with van der Waals surface area (Å²) in [7, 11) is 9.64. The van der Waals surface area contributed by atoms with Gasteiger partial charge in [-0.25, -0.2) is 0 Å². The molecule has 1 heterocycles. The molecule has 0 aromatic heterocycles. The summed E-state index contributed by atoms with van der Waals surface area (Å²) in [5, 5.41) is 18.8. The van der Waals surface area contributed by atoms with Crippen molar-refractivity contribution in [2.24, 2.45) is 0 Å². The molecule has 4 atom stereocenters. The van der Waals surface area contributed by atoms with Crippen molar-refractivity contribution in [2.45, 2.75) is 24.4 Å². The van der Waals surface area contributed by atoms with Gasteiger partial charge in [-0.15, -0.1) is 0 Å². The van der Waals surface area contributed by atoms with Crippen LogP contribution in [0.1, 0.15) is 0 Å². The first-order valence-corrected chi connectivity index (χ1v) is 4.31. The summed E-state index contributed by atoms with van der Waals surface area (Å²) in [6.45, 7) is -0.341. The van der Waals surface area contributed by atoms with Crippen molar-refractivity contribution in [3.63, 3.8) is 0 Å². The lowest BCUT2D eigenvalue weighted by atomic mass is 10.1. The second-order valence-electron chi connectivity index (χ2n) is 3.16. The normalized spacial score (nSPS) is 32.5. The molecule has 0 bridgehead atoms. The van der Waals surface area contributed by atoms with Gasteiger partial charge in [-0.05, 0) is 0 Å². The Kier molecular flexibility index (Phi) is 4.59. The third-order valence-electron chi connectivity index (χ3n) is 2.10. The van der Waals surface area contributed by atoms with Crippen molar-refractivity contribution in [1.82, 2.24) is 0 Å². The van der Waals surface area contributed by atoms with E-state index in [0.29, 0.717) is 0 Å². The Hall–Kier alpha value is -0.560. The van der Waals surface area contributed by atoms with Gasteiger partial charge in [-0.2, -0.15) is 0 Å². The minimum absolute atomic E-state index is 0.000163. The van der Waals surface area contributed by atoms with E-state index in [1.807, 2.05) is 0 Å². The van der Waals surface area contributed by atoms with Gasteiger partial charge in [-0.3, -0.25) is 4.79 Å². The molecule has 0 aromatic carbocycles. The fourth-order valence-corrected chi connectivity index (χ4v) is 1.38. The van der Waals surface area contributed by atoms with Gasteiger partial charge >= 0.3 is 0 Å². The molecule has 15 heavy (non-hydrogen) atoms. The molecule has 4 radical (unpaired) electrons. The van der Waals surface area contributed by atoms with E-state index in [2.05, 4.69) is 9.39 Å². The number of carbonyl (C=O) groups is 1. The third-order valence-corrected chi connectivity index (χ3v) is 2.10. The standard InChI is InChI=1S/C7H10B2O6/c8-7(12)14-2-3(10)5-6(15-9)4(11)1-13-5/h3-6,10-11H,1-2H2. The van der Waals surface area contributed by atoms with Crippen LogP contribution in [-0.2, 0) is 14.1 Å². The summed E-state index contributed by atoms with van der Waals surface area (Å²) in [4.78, 5) is 10.3. The lowest BCUT2D eigenvalue weighted by molar-refractivity contribution is -0.0602. The molecule has 0 aliphatic carbocycles. The molecular formula is C7H10B2O6. The number of rotatable bonds is 4. The van der Waals surface area contributed by atoms with Crippen molar-refractivity contribution in [2.75, 3.05) is 13.2 Å². The second kappa shape index (κ2) is 5.50. The van der Waals surface area contributed by atoms with Crippen LogP contribution in [0.2, 0.25) is 0 Å². The Bertz CT molecular complexity index is 226. The topological polar surface area (TPSA) is 85.2 Å². The van der Waals surface area contributed by atoms with Crippen LogP contribution in [0.25, 0.3) is 0 Å². The van der Waals surface area contributed by atoms with E-state index in [-0.39, 0.29) is 13.2 Å². The Morgan fingerprint density at radius 1 is 1.67 bits per heavy atom. The van der Waals surface area contributed by atoms with Crippen LogP contribution in [-0.4, -0.2) is 69.6 Å². The van der Waals surface area contributed by atoms with E-state index in [9.17, 15) is 15.0 Å². The zero-order valence-corrected chi connectivity index (χ0v) is 7.91. The minimum Gasteiger partial charge on any atom is -0.472 e. The fourth-order valence-electron chi connectivity index (χ4n) is 1.38. The SMILES string of the molecule is [B]OC1C(O)COC1C(O)COC([B])=O. The zero-order chi connectivity index (χ0) is 11.4. The van der Waals surface area contributed by atoms with Gasteiger partial charge in [0.2, 0.25) is 13.7 Å². The molecule has 0 saturated carbocycles. The Labute approximate surface area is 89.4 Å². The Morgan fingerprint density at radius 3 is 2.87 bits per heavy atom. The molecule has 4 unspecified atom stereocenters. The van der Waals surface area contributed by atoms with Crippen LogP contribution in [0.4, 0.5) is 4.79 Å². The molecule has 2 N–H and O–H groups in total.